The van der Waals surface area contributed by atoms with Crippen molar-refractivity contribution in [2.45, 2.75) is 44.8 Å². The Morgan fingerprint density at radius 2 is 1.80 bits per heavy atom. The number of nitrogens with one attached hydrogen (secondary N) is 1. The van der Waals surface area contributed by atoms with Gasteiger partial charge in [0.2, 0.25) is 5.91 Å². The van der Waals surface area contributed by atoms with Gasteiger partial charge in [0.15, 0.2) is 0 Å². The standard InChI is InChI=1S/C20H28N2O3/c1-2-21-20(25)15-14-19(24)11-6-4-3-5-10-18(23)13-12-17-9-7-8-16-22-17/h3-11,16,18-19,23-24H,2,12-15H2,1H3,(H,21,25). The maximum absolute atomic E-state index is 11.3. The molecule has 3 N–H and O–H groups in total. The van der Waals surface area contributed by atoms with E-state index in [1.165, 1.54) is 0 Å². The van der Waals surface area contributed by atoms with Crippen molar-refractivity contribution in [2.75, 3.05) is 6.54 Å². The van der Waals surface area contributed by atoms with Gasteiger partial charge in [-0.05, 0) is 38.3 Å². The Morgan fingerprint density at radius 1 is 1.12 bits per heavy atom. The van der Waals surface area contributed by atoms with Crippen molar-refractivity contribution in [2.24, 2.45) is 0 Å². The molecule has 0 aliphatic heterocycles. The highest BCUT2D eigenvalue weighted by Gasteiger charge is 2.03. The molecule has 1 amide bonds. The molecule has 25 heavy (non-hydrogen) atoms. The van der Waals surface area contributed by atoms with E-state index in [-0.39, 0.29) is 5.91 Å². The molecular weight excluding hydrogens is 316 g/mol. The molecule has 0 fully saturated rings. The molecule has 2 unspecified atom stereocenters. The molecule has 0 spiro atoms. The van der Waals surface area contributed by atoms with Gasteiger partial charge in [0, 0.05) is 24.9 Å². The maximum atomic E-state index is 11.3. The minimum Gasteiger partial charge on any atom is -0.389 e. The molecular formula is C20H28N2O3. The van der Waals surface area contributed by atoms with Crippen LogP contribution in [-0.4, -0.2) is 39.9 Å². The first-order chi connectivity index (χ1) is 12.1. The second-order valence-corrected chi connectivity index (χ2v) is 5.64. The molecule has 1 aromatic rings. The number of hydrogen-bond donors (Lipinski definition) is 3. The predicted octanol–water partition coefficient (Wildman–Crippen LogP) is 2.32. The molecule has 0 saturated heterocycles. The number of hydrogen-bond acceptors (Lipinski definition) is 4. The molecule has 1 heterocycles. The van der Waals surface area contributed by atoms with Gasteiger partial charge in [0.1, 0.15) is 0 Å². The Kier molecular flexibility index (Phi) is 10.9. The van der Waals surface area contributed by atoms with Gasteiger partial charge in [-0.1, -0.05) is 42.5 Å². The van der Waals surface area contributed by atoms with Crippen LogP contribution in [0.3, 0.4) is 0 Å². The highest BCUT2D eigenvalue weighted by atomic mass is 16.3. The lowest BCUT2D eigenvalue weighted by Crippen LogP contribution is -2.23. The predicted molar refractivity (Wildman–Crippen MR) is 99.9 cm³/mol. The molecule has 0 bridgehead atoms. The maximum Gasteiger partial charge on any atom is 0.220 e. The average Bonchev–Trinajstić information content (AvgIpc) is 2.62. The summed E-state index contributed by atoms with van der Waals surface area (Å²) in [6.07, 6.45) is 13.1. The first kappa shape index (κ1) is 20.8. The molecule has 0 aliphatic rings. The third-order valence-corrected chi connectivity index (χ3v) is 3.46. The van der Waals surface area contributed by atoms with E-state index in [1.54, 1.807) is 42.7 Å². The Hall–Kier alpha value is -2.24. The molecule has 2 atom stereocenters. The monoisotopic (exact) mass is 344 g/mol. The van der Waals surface area contributed by atoms with Gasteiger partial charge >= 0.3 is 0 Å². The van der Waals surface area contributed by atoms with Crippen molar-refractivity contribution in [3.8, 4) is 0 Å². The van der Waals surface area contributed by atoms with Crippen LogP contribution in [0.25, 0.3) is 0 Å². The highest BCUT2D eigenvalue weighted by molar-refractivity contribution is 5.75. The normalized spacial score (nSPS) is 14.4. The van der Waals surface area contributed by atoms with Crippen molar-refractivity contribution < 1.29 is 15.0 Å². The molecule has 0 aliphatic carbocycles. The number of allylic oxidation sites excluding steroid dienone is 4. The number of aliphatic hydroxyl groups excluding tert-OH is 2. The molecule has 1 aromatic heterocycles. The van der Waals surface area contributed by atoms with Gasteiger partial charge < -0.3 is 15.5 Å². The number of aliphatic hydroxyl groups is 2. The quantitative estimate of drug-likeness (QED) is 0.538. The van der Waals surface area contributed by atoms with Crippen molar-refractivity contribution in [3.63, 3.8) is 0 Å². The summed E-state index contributed by atoms with van der Waals surface area (Å²) >= 11 is 0. The van der Waals surface area contributed by atoms with Gasteiger partial charge in [-0.25, -0.2) is 0 Å². The average molecular weight is 344 g/mol. The zero-order valence-corrected chi connectivity index (χ0v) is 14.7. The van der Waals surface area contributed by atoms with E-state index < -0.39 is 12.2 Å². The lowest BCUT2D eigenvalue weighted by atomic mass is 10.1. The fourth-order valence-corrected chi connectivity index (χ4v) is 2.11. The van der Waals surface area contributed by atoms with E-state index in [9.17, 15) is 15.0 Å². The zero-order chi connectivity index (χ0) is 18.3. The van der Waals surface area contributed by atoms with Crippen LogP contribution < -0.4 is 5.32 Å². The van der Waals surface area contributed by atoms with E-state index in [4.69, 9.17) is 0 Å². The fourth-order valence-electron chi connectivity index (χ4n) is 2.11. The van der Waals surface area contributed by atoms with Crippen LogP contribution >= 0.6 is 0 Å². The Balaban J connectivity index is 2.20. The van der Waals surface area contributed by atoms with E-state index in [1.807, 2.05) is 25.1 Å². The number of carbonyl (C=O) groups is 1. The highest BCUT2D eigenvalue weighted by Crippen LogP contribution is 2.03. The van der Waals surface area contributed by atoms with Crippen molar-refractivity contribution in [1.82, 2.24) is 10.3 Å². The zero-order valence-electron chi connectivity index (χ0n) is 14.7. The van der Waals surface area contributed by atoms with Crippen LogP contribution in [-0.2, 0) is 11.2 Å². The Bertz CT molecular complexity index is 568. The molecule has 0 aromatic carbocycles. The first-order valence-electron chi connectivity index (χ1n) is 8.66. The summed E-state index contributed by atoms with van der Waals surface area (Å²) in [6, 6.07) is 5.75. The summed E-state index contributed by atoms with van der Waals surface area (Å²) < 4.78 is 0. The lowest BCUT2D eigenvalue weighted by Gasteiger charge is -2.04. The van der Waals surface area contributed by atoms with Crippen LogP contribution in [0.1, 0.15) is 31.9 Å². The Labute approximate surface area is 149 Å². The molecule has 0 radical (unpaired) electrons. The second-order valence-electron chi connectivity index (χ2n) is 5.64. The Morgan fingerprint density at radius 3 is 2.40 bits per heavy atom. The van der Waals surface area contributed by atoms with Gasteiger partial charge in [0.25, 0.3) is 0 Å². The van der Waals surface area contributed by atoms with Crippen LogP contribution in [0.5, 0.6) is 0 Å². The smallest absolute Gasteiger partial charge is 0.220 e. The molecule has 0 saturated carbocycles. The summed E-state index contributed by atoms with van der Waals surface area (Å²) in [5.74, 6) is -0.0480. The fraction of sp³-hybridized carbons (Fsp3) is 0.400. The summed E-state index contributed by atoms with van der Waals surface area (Å²) in [5.41, 5.74) is 0.968. The van der Waals surface area contributed by atoms with Crippen LogP contribution in [0, 0.1) is 0 Å². The van der Waals surface area contributed by atoms with Gasteiger partial charge in [-0.15, -0.1) is 0 Å². The van der Waals surface area contributed by atoms with E-state index in [0.29, 0.717) is 25.8 Å². The summed E-state index contributed by atoms with van der Waals surface area (Å²) in [5, 5.41) is 22.3. The van der Waals surface area contributed by atoms with Crippen molar-refractivity contribution in [3.05, 3.63) is 66.5 Å². The molecule has 5 nitrogen and oxygen atoms in total. The SMILES string of the molecule is CCNC(=O)CCC(O)C=CC=CC=CC(O)CCc1ccccn1. The number of pyridine rings is 1. The summed E-state index contributed by atoms with van der Waals surface area (Å²) in [4.78, 5) is 15.5. The third-order valence-electron chi connectivity index (χ3n) is 3.46. The van der Waals surface area contributed by atoms with Crippen LogP contribution in [0.4, 0.5) is 0 Å². The van der Waals surface area contributed by atoms with E-state index in [2.05, 4.69) is 10.3 Å². The van der Waals surface area contributed by atoms with Gasteiger partial charge in [-0.2, -0.15) is 0 Å². The third kappa shape index (κ3) is 11.0. The number of carbonyl (C=O) groups excluding carboxylic acids is 1. The first-order valence-corrected chi connectivity index (χ1v) is 8.66. The van der Waals surface area contributed by atoms with Crippen molar-refractivity contribution >= 4 is 5.91 Å². The van der Waals surface area contributed by atoms with E-state index in [0.717, 1.165) is 12.1 Å². The molecule has 136 valence electrons. The molecule has 1 rings (SSSR count). The molecule has 5 heteroatoms. The van der Waals surface area contributed by atoms with Gasteiger partial charge in [-0.3, -0.25) is 9.78 Å². The number of amides is 1. The number of aromatic nitrogens is 1. The second kappa shape index (κ2) is 13.1. The minimum absolute atomic E-state index is 0.0480. The van der Waals surface area contributed by atoms with Crippen LogP contribution in [0.15, 0.2) is 60.9 Å². The number of nitrogens with zero attached hydrogens (tertiary/aromatic N) is 1. The lowest BCUT2D eigenvalue weighted by molar-refractivity contribution is -0.121. The van der Waals surface area contributed by atoms with Crippen molar-refractivity contribution in [1.29, 1.82) is 0 Å². The van der Waals surface area contributed by atoms with E-state index >= 15 is 0 Å². The minimum atomic E-state index is -0.639. The van der Waals surface area contributed by atoms with Crippen LogP contribution in [0.2, 0.25) is 0 Å². The summed E-state index contributed by atoms with van der Waals surface area (Å²) in [6.45, 7) is 2.47. The topological polar surface area (TPSA) is 82.5 Å². The number of rotatable bonds is 11. The van der Waals surface area contributed by atoms with Gasteiger partial charge in [0.05, 0.1) is 12.2 Å². The number of aryl methyl sites for hydroxylation is 1. The largest absolute Gasteiger partial charge is 0.389 e. The summed E-state index contributed by atoms with van der Waals surface area (Å²) in [7, 11) is 0.